The first-order chi connectivity index (χ1) is 9.02. The molecule has 0 aliphatic heterocycles. The molecule has 2 rings (SSSR count). The van der Waals surface area contributed by atoms with Gasteiger partial charge in [0.2, 0.25) is 0 Å². The van der Waals surface area contributed by atoms with Gasteiger partial charge in [-0.1, -0.05) is 50.1 Å². The quantitative estimate of drug-likeness (QED) is 0.611. The van der Waals surface area contributed by atoms with Crippen LogP contribution in [-0.4, -0.2) is 0 Å². The van der Waals surface area contributed by atoms with Gasteiger partial charge in [-0.3, -0.25) is 5.84 Å². The summed E-state index contributed by atoms with van der Waals surface area (Å²) < 4.78 is 15.5. The molecule has 3 N–H and O–H groups in total. The number of nitrogens with one attached hydrogen (secondary N) is 1. The summed E-state index contributed by atoms with van der Waals surface area (Å²) in [7, 11) is 0. The molecular formula is C14H13Br2FN2. The topological polar surface area (TPSA) is 38.0 Å². The van der Waals surface area contributed by atoms with Gasteiger partial charge >= 0.3 is 0 Å². The van der Waals surface area contributed by atoms with Crippen molar-refractivity contribution in [1.82, 2.24) is 5.43 Å². The zero-order chi connectivity index (χ0) is 14.0. The molecule has 0 saturated heterocycles. The van der Waals surface area contributed by atoms with Gasteiger partial charge in [-0.15, -0.1) is 0 Å². The smallest absolute Gasteiger partial charge is 0.126 e. The summed E-state index contributed by atoms with van der Waals surface area (Å²) in [6.07, 6.45) is 0. The molecule has 0 bridgehead atoms. The lowest BCUT2D eigenvalue weighted by Gasteiger charge is -2.19. The summed E-state index contributed by atoms with van der Waals surface area (Å²) in [6, 6.07) is 10.7. The van der Waals surface area contributed by atoms with E-state index in [0.29, 0.717) is 5.56 Å². The Labute approximate surface area is 128 Å². The monoisotopic (exact) mass is 386 g/mol. The predicted octanol–water partition coefficient (Wildman–Crippen LogP) is 4.21. The first kappa shape index (κ1) is 14.7. The van der Waals surface area contributed by atoms with E-state index in [4.69, 9.17) is 5.84 Å². The molecule has 0 aromatic heterocycles. The maximum atomic E-state index is 13.7. The summed E-state index contributed by atoms with van der Waals surface area (Å²) in [4.78, 5) is 0. The number of halogens is 3. The van der Waals surface area contributed by atoms with Crippen molar-refractivity contribution in [3.8, 4) is 0 Å². The van der Waals surface area contributed by atoms with Crippen LogP contribution in [0, 0.1) is 12.7 Å². The van der Waals surface area contributed by atoms with Gasteiger partial charge < -0.3 is 0 Å². The van der Waals surface area contributed by atoms with Gasteiger partial charge in [-0.25, -0.2) is 9.82 Å². The summed E-state index contributed by atoms with van der Waals surface area (Å²) in [6.45, 7) is 1.74. The van der Waals surface area contributed by atoms with Crippen molar-refractivity contribution in [2.45, 2.75) is 13.0 Å². The Kier molecular flexibility index (Phi) is 4.73. The average molecular weight is 388 g/mol. The highest BCUT2D eigenvalue weighted by Crippen LogP contribution is 2.31. The Morgan fingerprint density at radius 1 is 1.16 bits per heavy atom. The molecule has 0 radical (unpaired) electrons. The Balaban J connectivity index is 2.46. The molecule has 5 heteroatoms. The third-order valence-electron chi connectivity index (χ3n) is 2.97. The van der Waals surface area contributed by atoms with E-state index < -0.39 is 0 Å². The number of hydrogen-bond acceptors (Lipinski definition) is 2. The average Bonchev–Trinajstić information content (AvgIpc) is 2.37. The maximum absolute atomic E-state index is 13.7. The summed E-state index contributed by atoms with van der Waals surface area (Å²) in [5.41, 5.74) is 5.09. The zero-order valence-electron chi connectivity index (χ0n) is 10.3. The standard InChI is InChI=1S/C14H13Br2FN2/c1-8-2-3-9(6-13(8)17)14(19-18)11-5-4-10(15)7-12(11)16/h2-7,14,19H,18H2,1H3. The lowest BCUT2D eigenvalue weighted by atomic mass is 9.98. The van der Waals surface area contributed by atoms with Crippen LogP contribution >= 0.6 is 31.9 Å². The Morgan fingerprint density at radius 3 is 2.47 bits per heavy atom. The highest BCUT2D eigenvalue weighted by molar-refractivity contribution is 9.11. The molecule has 0 amide bonds. The van der Waals surface area contributed by atoms with Gasteiger partial charge in [0.1, 0.15) is 5.82 Å². The van der Waals surface area contributed by atoms with Gasteiger partial charge in [-0.05, 0) is 41.8 Å². The van der Waals surface area contributed by atoms with Crippen LogP contribution in [0.5, 0.6) is 0 Å². The minimum Gasteiger partial charge on any atom is -0.271 e. The molecule has 2 aromatic carbocycles. The Bertz CT molecular complexity index is 602. The molecule has 1 unspecified atom stereocenters. The minimum atomic E-state index is -0.266. The Hall–Kier alpha value is -0.750. The van der Waals surface area contributed by atoms with Gasteiger partial charge in [-0.2, -0.15) is 0 Å². The third kappa shape index (κ3) is 3.23. The fourth-order valence-corrected chi connectivity index (χ4v) is 3.17. The van der Waals surface area contributed by atoms with E-state index >= 15 is 0 Å². The molecule has 0 fully saturated rings. The second-order valence-electron chi connectivity index (χ2n) is 4.27. The molecule has 0 spiro atoms. The third-order valence-corrected chi connectivity index (χ3v) is 4.15. The fraction of sp³-hybridized carbons (Fsp3) is 0.143. The van der Waals surface area contributed by atoms with Crippen molar-refractivity contribution >= 4 is 31.9 Å². The highest BCUT2D eigenvalue weighted by Gasteiger charge is 2.16. The first-order valence-corrected chi connectivity index (χ1v) is 7.28. The van der Waals surface area contributed by atoms with Crippen LogP contribution in [0.3, 0.4) is 0 Å². The lowest BCUT2D eigenvalue weighted by Crippen LogP contribution is -2.29. The van der Waals surface area contributed by atoms with Gasteiger partial charge in [0.05, 0.1) is 6.04 Å². The van der Waals surface area contributed by atoms with E-state index in [1.54, 1.807) is 13.0 Å². The molecule has 2 nitrogen and oxygen atoms in total. The van der Waals surface area contributed by atoms with Gasteiger partial charge in [0, 0.05) is 8.95 Å². The molecule has 0 aliphatic rings. The fourth-order valence-electron chi connectivity index (χ4n) is 1.89. The van der Waals surface area contributed by atoms with E-state index in [1.165, 1.54) is 6.07 Å². The maximum Gasteiger partial charge on any atom is 0.126 e. The van der Waals surface area contributed by atoms with Crippen LogP contribution in [0.4, 0.5) is 4.39 Å². The van der Waals surface area contributed by atoms with Crippen LogP contribution in [0.2, 0.25) is 0 Å². The van der Waals surface area contributed by atoms with Crippen LogP contribution in [0.1, 0.15) is 22.7 Å². The largest absolute Gasteiger partial charge is 0.271 e. The number of nitrogens with two attached hydrogens (primary N) is 1. The van der Waals surface area contributed by atoms with Crippen LogP contribution < -0.4 is 11.3 Å². The summed E-state index contributed by atoms with van der Waals surface area (Å²) in [5.74, 6) is 5.40. The summed E-state index contributed by atoms with van der Waals surface area (Å²) in [5, 5.41) is 0. The molecule has 2 aromatic rings. The molecule has 100 valence electrons. The second-order valence-corrected chi connectivity index (χ2v) is 6.04. The molecular weight excluding hydrogens is 375 g/mol. The predicted molar refractivity (Wildman–Crippen MR) is 82.1 cm³/mol. The first-order valence-electron chi connectivity index (χ1n) is 5.70. The van der Waals surface area contributed by atoms with E-state index in [1.807, 2.05) is 24.3 Å². The van der Waals surface area contributed by atoms with Crippen molar-refractivity contribution in [2.75, 3.05) is 0 Å². The number of aryl methyl sites for hydroxylation is 1. The number of rotatable bonds is 3. The van der Waals surface area contributed by atoms with Crippen molar-refractivity contribution < 1.29 is 4.39 Å². The molecule has 0 aliphatic carbocycles. The number of hydrogen-bond donors (Lipinski definition) is 2. The number of hydrazine groups is 1. The molecule has 0 saturated carbocycles. The van der Waals surface area contributed by atoms with Gasteiger partial charge in [0.25, 0.3) is 0 Å². The van der Waals surface area contributed by atoms with Crippen molar-refractivity contribution in [3.05, 3.63) is 67.9 Å². The lowest BCUT2D eigenvalue weighted by molar-refractivity contribution is 0.598. The number of benzene rings is 2. The van der Waals surface area contributed by atoms with E-state index in [0.717, 1.165) is 20.1 Å². The molecule has 19 heavy (non-hydrogen) atoms. The van der Waals surface area contributed by atoms with E-state index in [-0.39, 0.29) is 11.9 Å². The SMILES string of the molecule is Cc1ccc(C(NN)c2ccc(Br)cc2Br)cc1F. The molecule has 0 heterocycles. The highest BCUT2D eigenvalue weighted by atomic mass is 79.9. The van der Waals surface area contributed by atoms with E-state index in [2.05, 4.69) is 37.3 Å². The van der Waals surface area contributed by atoms with Crippen LogP contribution in [-0.2, 0) is 0 Å². The van der Waals surface area contributed by atoms with Crippen molar-refractivity contribution in [2.24, 2.45) is 5.84 Å². The Morgan fingerprint density at radius 2 is 1.89 bits per heavy atom. The van der Waals surface area contributed by atoms with Crippen LogP contribution in [0.25, 0.3) is 0 Å². The van der Waals surface area contributed by atoms with E-state index in [9.17, 15) is 4.39 Å². The second kappa shape index (κ2) is 6.13. The van der Waals surface area contributed by atoms with Crippen LogP contribution in [0.15, 0.2) is 45.3 Å². The van der Waals surface area contributed by atoms with Gasteiger partial charge in [0.15, 0.2) is 0 Å². The molecule has 1 atom stereocenters. The van der Waals surface area contributed by atoms with Crippen molar-refractivity contribution in [1.29, 1.82) is 0 Å². The zero-order valence-corrected chi connectivity index (χ0v) is 13.4. The normalized spacial score (nSPS) is 12.5. The van der Waals surface area contributed by atoms with Crippen molar-refractivity contribution in [3.63, 3.8) is 0 Å². The minimum absolute atomic E-state index is 0.231. The summed E-state index contributed by atoms with van der Waals surface area (Å²) >= 11 is 6.90.